The lowest BCUT2D eigenvalue weighted by Gasteiger charge is -2.34. The van der Waals surface area contributed by atoms with Gasteiger partial charge < -0.3 is 42.6 Å². The van der Waals surface area contributed by atoms with E-state index in [2.05, 4.69) is 0 Å². The molecule has 0 aliphatic heterocycles. The van der Waals surface area contributed by atoms with E-state index < -0.39 is 53.0 Å². The van der Waals surface area contributed by atoms with Crippen LogP contribution in [0.4, 0.5) is 0 Å². The molecule has 7 unspecified atom stereocenters. The molecule has 1 saturated carbocycles. The number of carbonyl (C=O) groups excluding carboxylic acids is 3. The molecule has 50 heavy (non-hydrogen) atoms. The fourth-order valence-electron chi connectivity index (χ4n) is 5.64. The number of hydrogen-bond acceptors (Lipinski definition) is 12. The molecule has 12 heteroatoms. The summed E-state index contributed by atoms with van der Waals surface area (Å²) < 4.78 is 53.2. The summed E-state index contributed by atoms with van der Waals surface area (Å²) in [5.41, 5.74) is -3.86. The molecule has 1 fully saturated rings. The highest BCUT2D eigenvalue weighted by Crippen LogP contribution is 2.33. The highest BCUT2D eigenvalue weighted by molar-refractivity contribution is 5.79. The van der Waals surface area contributed by atoms with Gasteiger partial charge in [-0.3, -0.25) is 0 Å². The van der Waals surface area contributed by atoms with Crippen molar-refractivity contribution in [2.24, 2.45) is 0 Å². The van der Waals surface area contributed by atoms with Crippen molar-refractivity contribution in [3.05, 3.63) is 0 Å². The minimum Gasteiger partial charge on any atom is -0.461 e. The zero-order valence-corrected chi connectivity index (χ0v) is 33.8. The zero-order chi connectivity index (χ0) is 38.4. The van der Waals surface area contributed by atoms with Gasteiger partial charge in [-0.05, 0) is 129 Å². The Labute approximate surface area is 302 Å². The minimum atomic E-state index is -1.32. The Hall–Kier alpha value is -1.83. The Morgan fingerprint density at radius 1 is 0.500 bits per heavy atom. The molecule has 0 heterocycles. The van der Waals surface area contributed by atoms with Gasteiger partial charge in [-0.25, -0.2) is 14.4 Å². The average molecular weight is 719 g/mol. The summed E-state index contributed by atoms with van der Waals surface area (Å²) in [6.45, 7) is 27.5. The lowest BCUT2D eigenvalue weighted by Crippen LogP contribution is -2.45. The van der Waals surface area contributed by atoms with Crippen LogP contribution < -0.4 is 0 Å². The monoisotopic (exact) mass is 718 g/mol. The van der Waals surface area contributed by atoms with Gasteiger partial charge in [-0.2, -0.15) is 0 Å². The van der Waals surface area contributed by atoms with Gasteiger partial charge in [0.25, 0.3) is 0 Å². The molecule has 0 saturated heterocycles. The van der Waals surface area contributed by atoms with Crippen molar-refractivity contribution in [3.8, 4) is 0 Å². The van der Waals surface area contributed by atoms with Crippen LogP contribution >= 0.6 is 0 Å². The molecule has 0 aromatic heterocycles. The molecule has 0 bridgehead atoms. The van der Waals surface area contributed by atoms with E-state index >= 15 is 0 Å². The first-order chi connectivity index (χ1) is 23.0. The molecule has 0 radical (unpaired) electrons. The molecule has 1 rings (SSSR count). The summed E-state index contributed by atoms with van der Waals surface area (Å²) in [5.74, 6) is -1.55. The molecule has 0 aromatic carbocycles. The number of rotatable bonds is 22. The summed E-state index contributed by atoms with van der Waals surface area (Å²) in [7, 11) is 0. The quantitative estimate of drug-likeness (QED) is 0.0686. The molecule has 0 spiro atoms. The van der Waals surface area contributed by atoms with Crippen molar-refractivity contribution in [2.45, 2.75) is 208 Å². The molecular formula is C38H70O12. The molecule has 294 valence electrons. The Morgan fingerprint density at radius 2 is 0.800 bits per heavy atom. The van der Waals surface area contributed by atoms with E-state index in [-0.39, 0.29) is 56.4 Å². The number of hydrogen-bond donors (Lipinski definition) is 0. The van der Waals surface area contributed by atoms with Crippen LogP contribution in [0.1, 0.15) is 136 Å². The normalized spacial score (nSPS) is 21.7. The maximum absolute atomic E-state index is 13.2. The number of ether oxygens (including phenoxy) is 9. The summed E-state index contributed by atoms with van der Waals surface area (Å²) in [6.07, 6.45) is 0.410. The van der Waals surface area contributed by atoms with Gasteiger partial charge in [0.2, 0.25) is 0 Å². The van der Waals surface area contributed by atoms with Crippen LogP contribution in [0.5, 0.6) is 0 Å². The third-order valence-corrected chi connectivity index (χ3v) is 8.12. The highest BCUT2D eigenvalue weighted by Gasteiger charge is 2.42. The van der Waals surface area contributed by atoms with E-state index in [1.165, 1.54) is 0 Å². The van der Waals surface area contributed by atoms with Crippen molar-refractivity contribution in [1.29, 1.82) is 0 Å². The third kappa shape index (κ3) is 17.6. The Balaban J connectivity index is 3.11. The van der Waals surface area contributed by atoms with Crippen LogP contribution in [-0.4, -0.2) is 109 Å². The maximum Gasteiger partial charge on any atom is 0.337 e. The molecule has 7 atom stereocenters. The van der Waals surface area contributed by atoms with Crippen LogP contribution in [0, 0.1) is 0 Å². The second-order valence-corrected chi connectivity index (χ2v) is 15.8. The third-order valence-electron chi connectivity index (χ3n) is 8.12. The van der Waals surface area contributed by atoms with Crippen molar-refractivity contribution in [3.63, 3.8) is 0 Å². The van der Waals surface area contributed by atoms with Crippen molar-refractivity contribution in [1.82, 2.24) is 0 Å². The molecule has 12 nitrogen and oxygen atoms in total. The Bertz CT molecular complexity index is 1020. The molecule has 0 amide bonds. The fourth-order valence-corrected chi connectivity index (χ4v) is 5.64. The van der Waals surface area contributed by atoms with Gasteiger partial charge in [-0.1, -0.05) is 6.92 Å². The minimum absolute atomic E-state index is 0.00313. The second-order valence-electron chi connectivity index (χ2n) is 15.8. The van der Waals surface area contributed by atoms with E-state index in [0.29, 0.717) is 25.7 Å². The molecular weight excluding hydrogens is 648 g/mol. The van der Waals surface area contributed by atoms with E-state index in [1.54, 1.807) is 41.5 Å². The fraction of sp³-hybridized carbons (Fsp3) is 0.921. The molecule has 0 N–H and O–H groups in total. The standard InChI is InChI=1S/C38H70O12/c1-16-26(6)47-29(9)23-44-34(40)37(12,13)49-31-18-17-30(48-36(10,11)33(39)42-21-27(7)45-24(2)3)19-32(20-31)50-38(14,15)35(41)43-22-28(8)46-25(4)5/h24-32H,16-23H2,1-15H3. The first-order valence-electron chi connectivity index (χ1n) is 18.5. The Kier molecular flexibility index (Phi) is 19.4. The van der Waals surface area contributed by atoms with E-state index in [4.69, 9.17) is 42.6 Å². The van der Waals surface area contributed by atoms with E-state index in [9.17, 15) is 14.4 Å². The summed E-state index contributed by atoms with van der Waals surface area (Å²) >= 11 is 0. The maximum atomic E-state index is 13.2. The highest BCUT2D eigenvalue weighted by atomic mass is 16.6. The van der Waals surface area contributed by atoms with Gasteiger partial charge in [0, 0.05) is 0 Å². The predicted molar refractivity (Wildman–Crippen MR) is 190 cm³/mol. The Morgan fingerprint density at radius 3 is 1.10 bits per heavy atom. The van der Waals surface area contributed by atoms with Crippen molar-refractivity contribution < 1.29 is 57.0 Å². The summed E-state index contributed by atoms with van der Waals surface area (Å²) in [4.78, 5) is 39.5. The lowest BCUT2D eigenvalue weighted by molar-refractivity contribution is -0.191. The van der Waals surface area contributed by atoms with Crippen LogP contribution in [0.2, 0.25) is 0 Å². The van der Waals surface area contributed by atoms with E-state index in [1.807, 2.05) is 62.3 Å². The summed E-state index contributed by atoms with van der Waals surface area (Å²) in [6, 6.07) is 0. The van der Waals surface area contributed by atoms with Crippen molar-refractivity contribution in [2.75, 3.05) is 19.8 Å². The van der Waals surface area contributed by atoms with Gasteiger partial charge in [0.15, 0.2) is 16.8 Å². The SMILES string of the molecule is CCC(C)OC(C)COC(=O)C(C)(C)OC1CCC(OC(C)(C)C(=O)OCC(C)OC(C)C)CC(OC(C)(C)C(=O)OCC(C)OC(C)C)C1. The van der Waals surface area contributed by atoms with Gasteiger partial charge in [-0.15, -0.1) is 0 Å². The van der Waals surface area contributed by atoms with Crippen LogP contribution in [-0.2, 0) is 57.0 Å². The average Bonchev–Trinajstić information content (AvgIpc) is 3.15. The predicted octanol–water partition coefficient (Wildman–Crippen LogP) is 6.51. The second kappa shape index (κ2) is 21.0. The van der Waals surface area contributed by atoms with E-state index in [0.717, 1.165) is 6.42 Å². The van der Waals surface area contributed by atoms with Crippen LogP contribution in [0.15, 0.2) is 0 Å². The molecule has 1 aliphatic rings. The molecule has 0 aromatic rings. The first-order valence-corrected chi connectivity index (χ1v) is 18.5. The smallest absolute Gasteiger partial charge is 0.337 e. The summed E-state index contributed by atoms with van der Waals surface area (Å²) in [5, 5.41) is 0. The first kappa shape index (κ1) is 46.2. The van der Waals surface area contributed by atoms with Crippen molar-refractivity contribution >= 4 is 17.9 Å². The largest absolute Gasteiger partial charge is 0.461 e. The van der Waals surface area contributed by atoms with Gasteiger partial charge in [0.05, 0.1) is 54.9 Å². The van der Waals surface area contributed by atoms with Gasteiger partial charge >= 0.3 is 17.9 Å². The lowest BCUT2D eigenvalue weighted by atomic mass is 10.0. The zero-order valence-electron chi connectivity index (χ0n) is 33.8. The number of esters is 3. The number of carbonyl (C=O) groups is 3. The van der Waals surface area contributed by atoms with Crippen LogP contribution in [0.25, 0.3) is 0 Å². The molecule has 1 aliphatic carbocycles. The van der Waals surface area contributed by atoms with Gasteiger partial charge in [0.1, 0.15) is 19.8 Å². The van der Waals surface area contributed by atoms with Crippen LogP contribution in [0.3, 0.4) is 0 Å². The topological polar surface area (TPSA) is 134 Å².